The van der Waals surface area contributed by atoms with E-state index in [9.17, 15) is 4.79 Å². The van der Waals surface area contributed by atoms with E-state index in [4.69, 9.17) is 14.2 Å². The minimum Gasteiger partial charge on any atom is -0.484 e. The van der Waals surface area contributed by atoms with Crippen molar-refractivity contribution in [2.45, 2.75) is 32.0 Å². The van der Waals surface area contributed by atoms with Crippen molar-refractivity contribution >= 4 is 35.8 Å². The molecule has 0 saturated carbocycles. The first-order chi connectivity index (χ1) is 16.2. The first kappa shape index (κ1) is 26.9. The molecule has 0 bridgehead atoms. The van der Waals surface area contributed by atoms with Gasteiger partial charge in [0.05, 0.1) is 12.8 Å². The molecule has 35 heavy (non-hydrogen) atoms. The van der Waals surface area contributed by atoms with Crippen molar-refractivity contribution in [3.05, 3.63) is 46.4 Å². The predicted octanol–water partition coefficient (Wildman–Crippen LogP) is 2.06. The number of ether oxygens (including phenoxy) is 3. The zero-order valence-corrected chi connectivity index (χ0v) is 21.1. The first-order valence-corrected chi connectivity index (χ1v) is 11.3. The molecule has 5 rings (SSSR count). The number of likely N-dealkylation sites (tertiary alicyclic amines) is 1. The van der Waals surface area contributed by atoms with Crippen molar-refractivity contribution in [3.63, 3.8) is 0 Å². The number of halogens is 2. The maximum atomic E-state index is 12.5. The smallest absolute Gasteiger partial charge is 0.276 e. The van der Waals surface area contributed by atoms with Crippen LogP contribution in [-0.4, -0.2) is 70.6 Å². The lowest BCUT2D eigenvalue weighted by Crippen LogP contribution is -2.43. The van der Waals surface area contributed by atoms with Gasteiger partial charge in [0.1, 0.15) is 18.9 Å². The van der Waals surface area contributed by atoms with E-state index in [1.807, 2.05) is 24.3 Å². The number of aromatic nitrogens is 4. The van der Waals surface area contributed by atoms with Gasteiger partial charge in [-0.3, -0.25) is 9.36 Å². The van der Waals surface area contributed by atoms with Crippen molar-refractivity contribution in [1.29, 1.82) is 0 Å². The second kappa shape index (κ2) is 12.3. The molecule has 10 nitrogen and oxygen atoms in total. The van der Waals surface area contributed by atoms with Gasteiger partial charge >= 0.3 is 0 Å². The van der Waals surface area contributed by atoms with E-state index in [0.29, 0.717) is 55.5 Å². The topological polar surface area (TPSA) is 104 Å². The minimum absolute atomic E-state index is 0. The third kappa shape index (κ3) is 6.32. The SMILES string of the molecule is COc1ccc2ccc(=O)n(CCN3CCC(NCc4cc5c(nn4)OCCO5)CC3)c2n1.Cl.Cl. The van der Waals surface area contributed by atoms with Gasteiger partial charge in [-0.2, -0.15) is 10.1 Å². The van der Waals surface area contributed by atoms with E-state index in [1.54, 1.807) is 17.7 Å². The molecule has 0 aliphatic carbocycles. The molecule has 1 saturated heterocycles. The summed E-state index contributed by atoms with van der Waals surface area (Å²) in [4.78, 5) is 19.4. The Morgan fingerprint density at radius 3 is 2.63 bits per heavy atom. The van der Waals surface area contributed by atoms with Crippen LogP contribution in [0.1, 0.15) is 18.5 Å². The summed E-state index contributed by atoms with van der Waals surface area (Å²) in [6.45, 7) is 5.05. The van der Waals surface area contributed by atoms with Gasteiger partial charge in [0, 0.05) is 49.3 Å². The lowest BCUT2D eigenvalue weighted by atomic mass is 10.0. The van der Waals surface area contributed by atoms with Crippen molar-refractivity contribution < 1.29 is 14.2 Å². The first-order valence-electron chi connectivity index (χ1n) is 11.3. The molecule has 0 amide bonds. The van der Waals surface area contributed by atoms with Crippen LogP contribution in [0.3, 0.4) is 0 Å². The molecule has 12 heteroatoms. The number of nitrogens with zero attached hydrogens (tertiary/aromatic N) is 5. The summed E-state index contributed by atoms with van der Waals surface area (Å²) in [7, 11) is 1.58. The summed E-state index contributed by atoms with van der Waals surface area (Å²) in [5, 5.41) is 12.8. The average Bonchev–Trinajstić information content (AvgIpc) is 2.87. The molecule has 1 N–H and O–H groups in total. The fourth-order valence-electron chi connectivity index (χ4n) is 4.30. The summed E-state index contributed by atoms with van der Waals surface area (Å²) in [6, 6.07) is 9.47. The number of rotatable bonds is 7. The van der Waals surface area contributed by atoms with E-state index in [2.05, 4.69) is 25.4 Å². The Morgan fingerprint density at radius 1 is 1.06 bits per heavy atom. The molecule has 2 aliphatic rings. The Morgan fingerprint density at radius 2 is 1.83 bits per heavy atom. The molecule has 3 aromatic rings. The zero-order valence-electron chi connectivity index (χ0n) is 19.5. The van der Waals surface area contributed by atoms with Gasteiger partial charge in [-0.25, -0.2) is 0 Å². The van der Waals surface area contributed by atoms with Gasteiger partial charge in [0.25, 0.3) is 11.4 Å². The molecule has 2 aliphatic heterocycles. The maximum Gasteiger partial charge on any atom is 0.276 e. The molecule has 0 radical (unpaired) electrons. The number of pyridine rings is 2. The van der Waals surface area contributed by atoms with E-state index >= 15 is 0 Å². The number of piperidine rings is 1. The van der Waals surface area contributed by atoms with Gasteiger partial charge in [-0.1, -0.05) is 0 Å². The summed E-state index contributed by atoms with van der Waals surface area (Å²) < 4.78 is 18.0. The monoisotopic (exact) mass is 524 g/mol. The molecule has 0 spiro atoms. The van der Waals surface area contributed by atoms with Crippen LogP contribution in [0.4, 0.5) is 0 Å². The van der Waals surface area contributed by atoms with Crippen LogP contribution in [0.25, 0.3) is 11.0 Å². The molecular formula is C23H30Cl2N6O4. The third-order valence-electron chi connectivity index (χ3n) is 6.17. The molecule has 1 fully saturated rings. The fourth-order valence-corrected chi connectivity index (χ4v) is 4.30. The quantitative estimate of drug-likeness (QED) is 0.497. The largest absolute Gasteiger partial charge is 0.484 e. The highest BCUT2D eigenvalue weighted by atomic mass is 35.5. The third-order valence-corrected chi connectivity index (χ3v) is 6.17. The summed E-state index contributed by atoms with van der Waals surface area (Å²) in [6.07, 6.45) is 2.07. The van der Waals surface area contributed by atoms with Crippen LogP contribution in [0.15, 0.2) is 35.1 Å². The lowest BCUT2D eigenvalue weighted by molar-refractivity contribution is 0.161. The Balaban J connectivity index is 0.00000171. The number of hydrogen-bond acceptors (Lipinski definition) is 9. The van der Waals surface area contributed by atoms with E-state index in [1.165, 1.54) is 0 Å². The zero-order chi connectivity index (χ0) is 22.6. The van der Waals surface area contributed by atoms with Gasteiger partial charge in [-0.15, -0.1) is 29.9 Å². The van der Waals surface area contributed by atoms with Crippen LogP contribution in [0.2, 0.25) is 0 Å². The summed E-state index contributed by atoms with van der Waals surface area (Å²) >= 11 is 0. The van der Waals surface area contributed by atoms with Crippen molar-refractivity contribution in [1.82, 2.24) is 30.0 Å². The second-order valence-electron chi connectivity index (χ2n) is 8.29. The normalized spacial score (nSPS) is 15.8. The molecule has 190 valence electrons. The van der Waals surface area contributed by atoms with Crippen molar-refractivity contribution in [2.24, 2.45) is 0 Å². The summed E-state index contributed by atoms with van der Waals surface area (Å²) in [5.41, 5.74) is 1.47. The summed E-state index contributed by atoms with van der Waals surface area (Å²) in [5.74, 6) is 1.65. The number of fused-ring (bicyclic) bond motifs is 2. The van der Waals surface area contributed by atoms with E-state index in [0.717, 1.165) is 43.6 Å². The predicted molar refractivity (Wildman–Crippen MR) is 136 cm³/mol. The Bertz CT molecular complexity index is 1190. The molecule has 0 unspecified atom stereocenters. The van der Waals surface area contributed by atoms with Crippen LogP contribution in [0, 0.1) is 0 Å². The van der Waals surface area contributed by atoms with Gasteiger partial charge in [0.15, 0.2) is 5.75 Å². The lowest BCUT2D eigenvalue weighted by Gasteiger charge is -2.32. The molecule has 3 aromatic heterocycles. The maximum absolute atomic E-state index is 12.5. The highest BCUT2D eigenvalue weighted by Gasteiger charge is 2.20. The second-order valence-corrected chi connectivity index (χ2v) is 8.29. The van der Waals surface area contributed by atoms with Gasteiger partial charge in [-0.05, 0) is 38.1 Å². The number of nitrogens with one attached hydrogen (secondary N) is 1. The van der Waals surface area contributed by atoms with Crippen LogP contribution in [-0.2, 0) is 13.1 Å². The molecular weight excluding hydrogens is 495 g/mol. The molecule has 0 atom stereocenters. The van der Waals surface area contributed by atoms with Crippen molar-refractivity contribution in [2.75, 3.05) is 40.0 Å². The highest BCUT2D eigenvalue weighted by Crippen LogP contribution is 2.26. The van der Waals surface area contributed by atoms with Crippen LogP contribution < -0.4 is 25.1 Å². The van der Waals surface area contributed by atoms with E-state index < -0.39 is 0 Å². The molecule has 0 aromatic carbocycles. The van der Waals surface area contributed by atoms with Crippen molar-refractivity contribution in [3.8, 4) is 17.5 Å². The van der Waals surface area contributed by atoms with Gasteiger partial charge < -0.3 is 24.4 Å². The van der Waals surface area contributed by atoms with Gasteiger partial charge in [0.2, 0.25) is 5.88 Å². The molecule has 5 heterocycles. The Hall–Kier alpha value is -2.66. The Kier molecular flexibility index (Phi) is 9.50. The van der Waals surface area contributed by atoms with E-state index in [-0.39, 0.29) is 30.4 Å². The minimum atomic E-state index is -0.0413. The fraction of sp³-hybridized carbons (Fsp3) is 0.478. The Labute approximate surface area is 215 Å². The average molecular weight is 525 g/mol. The van der Waals surface area contributed by atoms with Crippen LogP contribution >= 0.6 is 24.8 Å². The number of hydrogen-bond donors (Lipinski definition) is 1. The standard InChI is InChI=1S/C23H28N6O4.2ClH/c1-31-20-4-2-16-3-5-21(30)29(22(16)25-20)11-10-28-8-6-17(7-9-28)24-15-18-14-19-23(27-26-18)33-13-12-32-19;;/h2-5,14,17,24H,6-13,15H2,1H3;2*1H. The highest BCUT2D eigenvalue weighted by molar-refractivity contribution is 5.85. The number of methoxy groups -OCH3 is 1. The van der Waals surface area contributed by atoms with Crippen LogP contribution in [0.5, 0.6) is 17.5 Å².